The molecule has 3 aliphatic carbocycles. The van der Waals surface area contributed by atoms with E-state index in [9.17, 15) is 9.59 Å². The molecule has 1 aliphatic heterocycles. The summed E-state index contributed by atoms with van der Waals surface area (Å²) in [6.45, 7) is 9.48. The van der Waals surface area contributed by atoms with Gasteiger partial charge >= 0.3 is 0 Å². The van der Waals surface area contributed by atoms with Crippen LogP contribution in [0.5, 0.6) is 0 Å². The van der Waals surface area contributed by atoms with Gasteiger partial charge in [-0.05, 0) is 67.8 Å². The lowest BCUT2D eigenvalue weighted by Crippen LogP contribution is -2.50. The third-order valence-corrected chi connectivity index (χ3v) is 10.6. The maximum atomic E-state index is 13.2. The first-order valence-corrected chi connectivity index (χ1v) is 12.2. The van der Waals surface area contributed by atoms with Crippen LogP contribution in [0, 0.1) is 22.7 Å². The monoisotopic (exact) mass is 402 g/mol. The summed E-state index contributed by atoms with van der Waals surface area (Å²) in [5.74, 6) is 3.18. The van der Waals surface area contributed by atoms with Crippen molar-refractivity contribution in [3.63, 3.8) is 0 Å². The van der Waals surface area contributed by atoms with E-state index in [4.69, 9.17) is 0 Å². The normalized spacial score (nSPS) is 39.6. The molecule has 146 valence electrons. The van der Waals surface area contributed by atoms with Crippen LogP contribution in [0.3, 0.4) is 0 Å². The van der Waals surface area contributed by atoms with E-state index < -0.39 is 0 Å². The number of allylic oxidation sites excluding steroid dienone is 6. The van der Waals surface area contributed by atoms with Crippen molar-refractivity contribution < 1.29 is 9.59 Å². The van der Waals surface area contributed by atoms with Crippen LogP contribution in [0.15, 0.2) is 33.1 Å². The van der Waals surface area contributed by atoms with Crippen molar-refractivity contribution in [2.24, 2.45) is 22.7 Å². The second kappa shape index (κ2) is 6.95. The number of hydrogen-bond acceptors (Lipinski definition) is 4. The molecule has 0 radical (unpaired) electrons. The Balaban J connectivity index is 1.67. The molecule has 4 atom stereocenters. The zero-order valence-corrected chi connectivity index (χ0v) is 18.5. The Morgan fingerprint density at radius 3 is 2.56 bits per heavy atom. The lowest BCUT2D eigenvalue weighted by Gasteiger charge is -2.58. The fourth-order valence-electron chi connectivity index (χ4n) is 5.96. The van der Waals surface area contributed by atoms with Crippen LogP contribution in [0.2, 0.25) is 0 Å². The molecule has 4 rings (SSSR count). The highest BCUT2D eigenvalue weighted by atomic mass is 32.2. The number of fused-ring (bicyclic) bond motifs is 1. The van der Waals surface area contributed by atoms with Crippen molar-refractivity contribution in [2.75, 3.05) is 11.5 Å². The summed E-state index contributed by atoms with van der Waals surface area (Å²) >= 11 is 3.15. The summed E-state index contributed by atoms with van der Waals surface area (Å²) < 4.78 is 0. The van der Waals surface area contributed by atoms with E-state index in [0.29, 0.717) is 16.7 Å². The zero-order chi connectivity index (χ0) is 19.4. The minimum atomic E-state index is 0.0614. The maximum Gasteiger partial charge on any atom is 0.196 e. The summed E-state index contributed by atoms with van der Waals surface area (Å²) in [4.78, 5) is 27.3. The highest BCUT2D eigenvalue weighted by molar-refractivity contribution is 8.11. The van der Waals surface area contributed by atoms with Crippen LogP contribution < -0.4 is 0 Å². The predicted octanol–water partition coefficient (Wildman–Crippen LogP) is 5.95. The Hall–Kier alpha value is -0.740. The number of hydrogen-bond donors (Lipinski definition) is 0. The quantitative estimate of drug-likeness (QED) is 0.422. The number of carbonyl (C=O) groups excluding carboxylic acids is 2. The van der Waals surface area contributed by atoms with Crippen LogP contribution in [0.4, 0.5) is 0 Å². The second-order valence-corrected chi connectivity index (χ2v) is 11.5. The largest absolute Gasteiger partial charge is 0.289 e. The van der Waals surface area contributed by atoms with Gasteiger partial charge in [0.15, 0.2) is 11.6 Å². The molecule has 4 heteroatoms. The predicted molar refractivity (Wildman–Crippen MR) is 116 cm³/mol. The van der Waals surface area contributed by atoms with Crippen LogP contribution in [0.1, 0.15) is 59.8 Å². The van der Waals surface area contributed by atoms with Gasteiger partial charge in [0, 0.05) is 17.1 Å². The average Bonchev–Trinajstić information content (AvgIpc) is 2.65. The number of ketones is 2. The summed E-state index contributed by atoms with van der Waals surface area (Å²) in [6.07, 6.45) is 9.62. The molecule has 0 aromatic rings. The van der Waals surface area contributed by atoms with E-state index in [-0.39, 0.29) is 22.4 Å². The Morgan fingerprint density at radius 2 is 1.81 bits per heavy atom. The molecule has 2 nitrogen and oxygen atoms in total. The minimum absolute atomic E-state index is 0.0614. The van der Waals surface area contributed by atoms with Crippen LogP contribution in [0.25, 0.3) is 0 Å². The van der Waals surface area contributed by atoms with Gasteiger partial charge < -0.3 is 0 Å². The van der Waals surface area contributed by atoms with Gasteiger partial charge in [-0.2, -0.15) is 0 Å². The minimum Gasteiger partial charge on any atom is -0.289 e. The molecule has 1 heterocycles. The Morgan fingerprint density at radius 1 is 1.11 bits per heavy atom. The first kappa shape index (κ1) is 19.6. The van der Waals surface area contributed by atoms with Crippen molar-refractivity contribution >= 4 is 35.1 Å². The summed E-state index contributed by atoms with van der Waals surface area (Å²) in [5, 5.41) is 0. The second-order valence-electron chi connectivity index (χ2n) is 9.27. The van der Waals surface area contributed by atoms with Crippen LogP contribution in [-0.2, 0) is 9.59 Å². The summed E-state index contributed by atoms with van der Waals surface area (Å²) in [5.41, 5.74) is 2.59. The first-order chi connectivity index (χ1) is 12.8. The molecule has 0 spiro atoms. The van der Waals surface area contributed by atoms with Crippen molar-refractivity contribution in [3.05, 3.63) is 33.1 Å². The van der Waals surface area contributed by atoms with Gasteiger partial charge in [-0.3, -0.25) is 9.59 Å². The molecular weight excluding hydrogens is 372 g/mol. The number of carbonyl (C=O) groups is 2. The molecule has 1 fully saturated rings. The molecular formula is C23H30O2S2. The van der Waals surface area contributed by atoms with E-state index in [0.717, 1.165) is 34.8 Å². The Bertz CT molecular complexity index is 790. The molecule has 4 aliphatic rings. The molecule has 0 aromatic carbocycles. The summed E-state index contributed by atoms with van der Waals surface area (Å²) in [7, 11) is 0. The lowest BCUT2D eigenvalue weighted by atomic mass is 9.46. The smallest absolute Gasteiger partial charge is 0.196 e. The average molecular weight is 403 g/mol. The topological polar surface area (TPSA) is 34.1 Å². The Kier molecular flexibility index (Phi) is 5.04. The fourth-order valence-corrected chi connectivity index (χ4v) is 8.30. The van der Waals surface area contributed by atoms with Gasteiger partial charge in [0.25, 0.3) is 0 Å². The Labute approximate surface area is 171 Å². The third-order valence-electron chi connectivity index (χ3n) is 7.98. The SMILES string of the molecule is CC1=CCC[C@H]2[C@](C)(CC3=CC(=O)C4=C(SCCS4)C3=O)[C@@H](C)CC[C@]12C. The number of thioether (sulfide) groups is 2. The van der Waals surface area contributed by atoms with Crippen molar-refractivity contribution in [1.82, 2.24) is 0 Å². The summed E-state index contributed by atoms with van der Waals surface area (Å²) in [6, 6.07) is 0. The third kappa shape index (κ3) is 3.02. The van der Waals surface area contributed by atoms with Crippen molar-refractivity contribution in [2.45, 2.75) is 59.8 Å². The molecule has 0 amide bonds. The zero-order valence-electron chi connectivity index (χ0n) is 16.9. The highest BCUT2D eigenvalue weighted by Gasteiger charge is 2.54. The lowest BCUT2D eigenvalue weighted by molar-refractivity contribution is -0.115. The van der Waals surface area contributed by atoms with Gasteiger partial charge in [0.1, 0.15) is 0 Å². The van der Waals surface area contributed by atoms with Crippen LogP contribution in [-0.4, -0.2) is 23.1 Å². The highest BCUT2D eigenvalue weighted by Crippen LogP contribution is 2.62. The van der Waals surface area contributed by atoms with Gasteiger partial charge in [0.2, 0.25) is 0 Å². The molecule has 27 heavy (non-hydrogen) atoms. The number of rotatable bonds is 2. The molecule has 0 bridgehead atoms. The molecule has 1 saturated carbocycles. The van der Waals surface area contributed by atoms with E-state index in [1.165, 1.54) is 24.8 Å². The van der Waals surface area contributed by atoms with Gasteiger partial charge in [-0.1, -0.05) is 32.4 Å². The standard InChI is InChI=1S/C23H30O2S2/c1-14-6-5-7-18-22(14,3)9-8-15(2)23(18,4)13-16-12-17(24)20-21(19(16)25)27-11-10-26-20/h6,12,15,18H,5,7-11,13H2,1-4H3/t15-,18+,22+,23+/m0/s1. The molecule has 0 saturated heterocycles. The number of Topliss-reactive ketones (excluding diaryl/α,β-unsaturated/α-hetero) is 1. The molecule has 0 unspecified atom stereocenters. The fraction of sp³-hybridized carbons (Fsp3) is 0.652. The first-order valence-electron chi connectivity index (χ1n) is 10.2. The van der Waals surface area contributed by atoms with E-state index >= 15 is 0 Å². The van der Waals surface area contributed by atoms with E-state index in [1.807, 2.05) is 0 Å². The van der Waals surface area contributed by atoms with Gasteiger partial charge in [-0.15, -0.1) is 23.5 Å². The maximum absolute atomic E-state index is 13.2. The van der Waals surface area contributed by atoms with E-state index in [2.05, 4.69) is 33.8 Å². The van der Waals surface area contributed by atoms with Crippen molar-refractivity contribution in [3.8, 4) is 0 Å². The molecule has 0 aromatic heterocycles. The van der Waals surface area contributed by atoms with Gasteiger partial charge in [0.05, 0.1) is 9.81 Å². The van der Waals surface area contributed by atoms with Gasteiger partial charge in [-0.25, -0.2) is 0 Å². The van der Waals surface area contributed by atoms with Crippen molar-refractivity contribution in [1.29, 1.82) is 0 Å². The van der Waals surface area contributed by atoms with E-state index in [1.54, 1.807) is 29.6 Å². The van der Waals surface area contributed by atoms with Crippen LogP contribution >= 0.6 is 23.5 Å². The molecule has 0 N–H and O–H groups in total.